The number of carbonyl (C=O) groups is 1. The van der Waals surface area contributed by atoms with E-state index in [4.69, 9.17) is 4.74 Å². The molecule has 0 bridgehead atoms. The van der Waals surface area contributed by atoms with Crippen molar-refractivity contribution in [2.24, 2.45) is 11.8 Å². The minimum absolute atomic E-state index is 0.0218. The quantitative estimate of drug-likeness (QED) is 0.857. The van der Waals surface area contributed by atoms with E-state index in [2.05, 4.69) is 11.9 Å². The van der Waals surface area contributed by atoms with Crippen LogP contribution in [0.2, 0.25) is 0 Å². The van der Waals surface area contributed by atoms with Crippen LogP contribution in [0.4, 0.5) is 4.39 Å². The van der Waals surface area contributed by atoms with E-state index in [-0.39, 0.29) is 22.6 Å². The predicted octanol–water partition coefficient (Wildman–Crippen LogP) is 2.34. The van der Waals surface area contributed by atoms with Crippen LogP contribution >= 0.6 is 11.8 Å². The van der Waals surface area contributed by atoms with Crippen LogP contribution in [0.5, 0.6) is 5.88 Å². The monoisotopic (exact) mass is 322 g/mol. The smallest absolute Gasteiger partial charge is 0.250 e. The Hall–Kier alpha value is -1.30. The highest BCUT2D eigenvalue weighted by Crippen LogP contribution is 2.48. The number of aromatic nitrogens is 1. The standard InChI is InChI=1S/C16H19FN2O2S/c1-10-5-12(10)15(20)19-8-16(9-19)6-11(7-22-16)21-14-13(17)3-2-4-18-14/h2-4,10-12H,5-9H2,1H3/t10-,11+,12-/m1/s1. The average molecular weight is 322 g/mol. The summed E-state index contributed by atoms with van der Waals surface area (Å²) in [6.07, 6.45) is 3.42. The lowest BCUT2D eigenvalue weighted by molar-refractivity contribution is -0.138. The van der Waals surface area contributed by atoms with Crippen LogP contribution in [-0.4, -0.2) is 45.5 Å². The number of amides is 1. The van der Waals surface area contributed by atoms with E-state index in [1.807, 2.05) is 16.7 Å². The Labute approximate surface area is 133 Å². The van der Waals surface area contributed by atoms with Crippen molar-refractivity contribution in [1.82, 2.24) is 9.88 Å². The Morgan fingerprint density at radius 1 is 1.55 bits per heavy atom. The second kappa shape index (κ2) is 5.11. The number of thioether (sulfide) groups is 1. The summed E-state index contributed by atoms with van der Waals surface area (Å²) in [4.78, 5) is 18.1. The molecule has 4 nitrogen and oxygen atoms in total. The fourth-order valence-electron chi connectivity index (χ4n) is 3.42. The third-order valence-corrected chi connectivity index (χ3v) is 6.45. The Balaban J connectivity index is 1.32. The molecule has 6 heteroatoms. The van der Waals surface area contributed by atoms with Gasteiger partial charge in [-0.2, -0.15) is 0 Å². The molecular weight excluding hydrogens is 303 g/mol. The molecule has 0 N–H and O–H groups in total. The van der Waals surface area contributed by atoms with Gasteiger partial charge in [-0.25, -0.2) is 9.37 Å². The zero-order valence-electron chi connectivity index (χ0n) is 12.5. The molecule has 0 aromatic carbocycles. The van der Waals surface area contributed by atoms with Gasteiger partial charge in [0.1, 0.15) is 6.10 Å². The lowest BCUT2D eigenvalue weighted by Crippen LogP contribution is -2.61. The molecule has 2 aliphatic heterocycles. The Kier molecular flexibility index (Phi) is 3.33. The number of rotatable bonds is 3. The summed E-state index contributed by atoms with van der Waals surface area (Å²) < 4.78 is 19.4. The summed E-state index contributed by atoms with van der Waals surface area (Å²) in [7, 11) is 0. The van der Waals surface area contributed by atoms with Gasteiger partial charge >= 0.3 is 0 Å². The number of halogens is 1. The summed E-state index contributed by atoms with van der Waals surface area (Å²) in [5.41, 5.74) is 0. The molecule has 2 saturated heterocycles. The Morgan fingerprint density at radius 3 is 3.00 bits per heavy atom. The summed E-state index contributed by atoms with van der Waals surface area (Å²) >= 11 is 1.85. The van der Waals surface area contributed by atoms with E-state index >= 15 is 0 Å². The number of hydrogen-bond acceptors (Lipinski definition) is 4. The van der Waals surface area contributed by atoms with Crippen molar-refractivity contribution in [1.29, 1.82) is 0 Å². The SMILES string of the molecule is C[C@@H]1C[C@H]1C(=O)N1CC2(C[C@H](Oc3ncccc3F)CS2)C1. The zero-order valence-corrected chi connectivity index (χ0v) is 13.3. The van der Waals surface area contributed by atoms with Crippen LogP contribution in [0, 0.1) is 17.7 Å². The van der Waals surface area contributed by atoms with Gasteiger partial charge in [0.2, 0.25) is 5.91 Å². The second-order valence-corrected chi connectivity index (χ2v) is 8.23. The van der Waals surface area contributed by atoms with Crippen LogP contribution in [0.3, 0.4) is 0 Å². The Bertz CT molecular complexity index is 606. The van der Waals surface area contributed by atoms with Gasteiger partial charge in [-0.15, -0.1) is 11.8 Å². The van der Waals surface area contributed by atoms with Crippen molar-refractivity contribution in [3.05, 3.63) is 24.1 Å². The Morgan fingerprint density at radius 2 is 2.32 bits per heavy atom. The minimum Gasteiger partial charge on any atom is -0.471 e. The topological polar surface area (TPSA) is 42.4 Å². The summed E-state index contributed by atoms with van der Waals surface area (Å²) in [5.74, 6) is 1.64. The number of ether oxygens (including phenoxy) is 1. The molecule has 1 aliphatic carbocycles. The van der Waals surface area contributed by atoms with Crippen molar-refractivity contribution in [2.75, 3.05) is 18.8 Å². The fourth-order valence-corrected chi connectivity index (χ4v) is 4.94. The molecule has 1 aromatic heterocycles. The van der Waals surface area contributed by atoms with Gasteiger partial charge in [0.05, 0.1) is 4.75 Å². The van der Waals surface area contributed by atoms with Crippen LogP contribution in [0.25, 0.3) is 0 Å². The van der Waals surface area contributed by atoms with Gasteiger partial charge in [0, 0.05) is 37.4 Å². The molecule has 0 unspecified atom stereocenters. The molecule has 4 rings (SSSR count). The highest BCUT2D eigenvalue weighted by Gasteiger charge is 2.54. The second-order valence-electron chi connectivity index (χ2n) is 6.74. The predicted molar refractivity (Wildman–Crippen MR) is 82.3 cm³/mol. The summed E-state index contributed by atoms with van der Waals surface area (Å²) in [6, 6.07) is 2.92. The van der Waals surface area contributed by atoms with Crippen molar-refractivity contribution >= 4 is 17.7 Å². The van der Waals surface area contributed by atoms with Crippen molar-refractivity contribution in [3.63, 3.8) is 0 Å². The van der Waals surface area contributed by atoms with Crippen LogP contribution in [-0.2, 0) is 4.79 Å². The number of nitrogens with zero attached hydrogens (tertiary/aromatic N) is 2. The first-order valence-electron chi connectivity index (χ1n) is 7.76. The first-order valence-corrected chi connectivity index (χ1v) is 8.75. The van der Waals surface area contributed by atoms with Crippen LogP contribution < -0.4 is 4.74 Å². The lowest BCUT2D eigenvalue weighted by Gasteiger charge is -2.47. The first kappa shape index (κ1) is 14.3. The van der Waals surface area contributed by atoms with E-state index in [0.717, 1.165) is 31.7 Å². The van der Waals surface area contributed by atoms with E-state index in [1.165, 1.54) is 12.3 Å². The molecule has 3 aliphatic rings. The normalized spacial score (nSPS) is 31.9. The van der Waals surface area contributed by atoms with Crippen LogP contribution in [0.1, 0.15) is 19.8 Å². The van der Waals surface area contributed by atoms with Crippen LogP contribution in [0.15, 0.2) is 18.3 Å². The van der Waals surface area contributed by atoms with Gasteiger partial charge in [0.15, 0.2) is 5.82 Å². The highest BCUT2D eigenvalue weighted by atomic mass is 32.2. The maximum absolute atomic E-state index is 13.6. The van der Waals surface area contributed by atoms with Crippen molar-refractivity contribution in [3.8, 4) is 5.88 Å². The third-order valence-electron chi connectivity index (χ3n) is 4.87. The molecule has 0 radical (unpaired) electrons. The largest absolute Gasteiger partial charge is 0.471 e. The van der Waals surface area contributed by atoms with Crippen molar-refractivity contribution < 1.29 is 13.9 Å². The molecule has 1 aromatic rings. The summed E-state index contributed by atoms with van der Waals surface area (Å²) in [6.45, 7) is 3.75. The highest BCUT2D eigenvalue weighted by molar-refractivity contribution is 8.01. The number of hydrogen-bond donors (Lipinski definition) is 0. The molecule has 3 atom stereocenters. The molecule has 1 saturated carbocycles. The maximum Gasteiger partial charge on any atom is 0.250 e. The maximum atomic E-state index is 13.6. The molecule has 3 fully saturated rings. The van der Waals surface area contributed by atoms with Gasteiger partial charge in [0.25, 0.3) is 5.88 Å². The molecule has 3 heterocycles. The summed E-state index contributed by atoms with van der Waals surface area (Å²) in [5, 5.41) is 0. The molecule has 22 heavy (non-hydrogen) atoms. The average Bonchev–Trinajstić information content (AvgIpc) is 3.04. The van der Waals surface area contributed by atoms with Gasteiger partial charge in [-0.05, 0) is 24.5 Å². The van der Waals surface area contributed by atoms with E-state index in [9.17, 15) is 9.18 Å². The van der Waals surface area contributed by atoms with E-state index < -0.39 is 5.82 Å². The fraction of sp³-hybridized carbons (Fsp3) is 0.625. The number of carbonyl (C=O) groups excluding carboxylic acids is 1. The minimum atomic E-state index is -0.415. The van der Waals surface area contributed by atoms with Gasteiger partial charge in [-0.3, -0.25) is 4.79 Å². The first-order chi connectivity index (χ1) is 10.6. The third kappa shape index (κ3) is 2.47. The molecule has 1 amide bonds. The van der Waals surface area contributed by atoms with Crippen molar-refractivity contribution in [2.45, 2.75) is 30.6 Å². The van der Waals surface area contributed by atoms with E-state index in [0.29, 0.717) is 11.8 Å². The molecule has 118 valence electrons. The molecular formula is C16H19FN2O2S. The number of likely N-dealkylation sites (tertiary alicyclic amines) is 1. The molecule has 1 spiro atoms. The number of pyridine rings is 1. The zero-order chi connectivity index (χ0) is 15.3. The van der Waals surface area contributed by atoms with Gasteiger partial charge in [-0.1, -0.05) is 6.92 Å². The van der Waals surface area contributed by atoms with E-state index in [1.54, 1.807) is 6.07 Å². The lowest BCUT2D eigenvalue weighted by atomic mass is 9.92. The van der Waals surface area contributed by atoms with Gasteiger partial charge < -0.3 is 9.64 Å².